The molecule has 0 aliphatic carbocycles. The molecule has 0 bridgehead atoms. The maximum atomic E-state index is 12.6. The van der Waals surface area contributed by atoms with Gasteiger partial charge in [0, 0.05) is 19.4 Å². The number of hydrogen-bond acceptors (Lipinski definition) is 8. The zero-order valence-electron chi connectivity index (χ0n) is 37.7. The van der Waals surface area contributed by atoms with Crippen LogP contribution in [0.1, 0.15) is 206 Å². The van der Waals surface area contributed by atoms with Crippen LogP contribution in [0.25, 0.3) is 0 Å². The van der Waals surface area contributed by atoms with E-state index in [1.807, 2.05) is 0 Å². The second-order valence-electron chi connectivity index (χ2n) is 15.6. The van der Waals surface area contributed by atoms with Crippen LogP contribution in [-0.2, 0) is 32.7 Å². The summed E-state index contributed by atoms with van der Waals surface area (Å²) in [5.74, 6) is -0.898. The normalized spacial score (nSPS) is 13.8. The number of ether oxygens (including phenoxy) is 2. The van der Waals surface area contributed by atoms with Gasteiger partial charge in [0.1, 0.15) is 6.61 Å². The average molecular weight is 850 g/mol. The molecule has 0 spiro atoms. The van der Waals surface area contributed by atoms with Crippen molar-refractivity contribution in [3.05, 3.63) is 60.8 Å². The smallest absolute Gasteiger partial charge is 0.462 e. The second-order valence-corrected chi connectivity index (χ2v) is 17.0. The Morgan fingerprint density at radius 2 is 0.966 bits per heavy atom. The van der Waals surface area contributed by atoms with Crippen LogP contribution < -0.4 is 5.73 Å². The number of phosphoric acid groups is 1. The molecule has 10 heteroatoms. The number of hydrogen-bond donors (Lipinski definition) is 2. The van der Waals surface area contributed by atoms with Crippen molar-refractivity contribution in [1.29, 1.82) is 0 Å². The quantitative estimate of drug-likeness (QED) is 0.0266. The molecule has 0 amide bonds. The Hall–Kier alpha value is -2.29. The van der Waals surface area contributed by atoms with E-state index >= 15 is 0 Å². The summed E-state index contributed by atoms with van der Waals surface area (Å²) >= 11 is 0. The number of nitrogens with two attached hydrogens (primary N) is 1. The lowest BCUT2D eigenvalue weighted by Gasteiger charge is -2.19. The van der Waals surface area contributed by atoms with Gasteiger partial charge in [0.05, 0.1) is 13.2 Å². The van der Waals surface area contributed by atoms with Gasteiger partial charge in [-0.25, -0.2) is 4.57 Å². The van der Waals surface area contributed by atoms with E-state index < -0.39 is 32.5 Å². The van der Waals surface area contributed by atoms with Crippen LogP contribution in [0.3, 0.4) is 0 Å². The first-order valence-electron chi connectivity index (χ1n) is 23.8. The Balaban J connectivity index is 4.13. The largest absolute Gasteiger partial charge is 0.472 e. The van der Waals surface area contributed by atoms with Gasteiger partial charge in [-0.15, -0.1) is 0 Å². The summed E-state index contributed by atoms with van der Waals surface area (Å²) in [6.07, 6.45) is 54.2. The number of unbranched alkanes of at least 4 members (excludes halogenated alkanes) is 21. The molecule has 342 valence electrons. The summed E-state index contributed by atoms with van der Waals surface area (Å²) in [4.78, 5) is 34.9. The third-order valence-electron chi connectivity index (χ3n) is 9.87. The molecule has 0 aromatic carbocycles. The van der Waals surface area contributed by atoms with Crippen molar-refractivity contribution in [3.63, 3.8) is 0 Å². The maximum Gasteiger partial charge on any atom is 0.472 e. The molecule has 0 aliphatic heterocycles. The fourth-order valence-corrected chi connectivity index (χ4v) is 7.14. The van der Waals surface area contributed by atoms with Gasteiger partial charge in [-0.05, 0) is 77.0 Å². The second kappa shape index (κ2) is 45.2. The predicted octanol–water partition coefficient (Wildman–Crippen LogP) is 14.1. The van der Waals surface area contributed by atoms with E-state index in [0.29, 0.717) is 12.8 Å². The van der Waals surface area contributed by atoms with Crippen LogP contribution >= 0.6 is 7.82 Å². The van der Waals surface area contributed by atoms with Crippen LogP contribution in [0.15, 0.2) is 60.8 Å². The van der Waals surface area contributed by atoms with Gasteiger partial charge in [0.2, 0.25) is 0 Å². The molecule has 0 saturated carbocycles. The van der Waals surface area contributed by atoms with Crippen molar-refractivity contribution in [2.24, 2.45) is 5.73 Å². The zero-order valence-corrected chi connectivity index (χ0v) is 38.6. The molecule has 0 aromatic heterocycles. The van der Waals surface area contributed by atoms with E-state index in [1.54, 1.807) is 0 Å². The van der Waals surface area contributed by atoms with Crippen LogP contribution in [-0.4, -0.2) is 49.3 Å². The Bertz CT molecular complexity index is 1150. The molecular formula is C49H88NO8P. The average Bonchev–Trinajstić information content (AvgIpc) is 3.22. The summed E-state index contributed by atoms with van der Waals surface area (Å²) in [6, 6.07) is 0. The molecule has 0 saturated heterocycles. The zero-order chi connectivity index (χ0) is 43.2. The highest BCUT2D eigenvalue weighted by Crippen LogP contribution is 2.43. The molecule has 1 unspecified atom stereocenters. The molecule has 0 aliphatic rings. The highest BCUT2D eigenvalue weighted by Gasteiger charge is 2.26. The van der Waals surface area contributed by atoms with E-state index in [2.05, 4.69) is 74.6 Å². The van der Waals surface area contributed by atoms with Crippen molar-refractivity contribution in [1.82, 2.24) is 0 Å². The number of carbonyl (C=O) groups excluding carboxylic acids is 2. The molecule has 0 radical (unpaired) electrons. The van der Waals surface area contributed by atoms with Crippen molar-refractivity contribution in [2.45, 2.75) is 213 Å². The minimum Gasteiger partial charge on any atom is -0.462 e. The predicted molar refractivity (Wildman–Crippen MR) is 247 cm³/mol. The molecule has 2 atom stereocenters. The van der Waals surface area contributed by atoms with E-state index in [-0.39, 0.29) is 32.6 Å². The fraction of sp³-hybridized carbons (Fsp3) is 0.755. The molecule has 0 fully saturated rings. The summed E-state index contributed by atoms with van der Waals surface area (Å²) in [5, 5.41) is 0. The summed E-state index contributed by atoms with van der Waals surface area (Å²) in [7, 11) is -4.39. The first kappa shape index (κ1) is 56.7. The Kier molecular flexibility index (Phi) is 43.5. The first-order valence-corrected chi connectivity index (χ1v) is 25.3. The molecule has 0 aromatic rings. The van der Waals surface area contributed by atoms with Crippen molar-refractivity contribution < 1.29 is 37.6 Å². The summed E-state index contributed by atoms with van der Waals surface area (Å²) < 4.78 is 32.8. The number of allylic oxidation sites excluding steroid dienone is 10. The molecule has 0 rings (SSSR count). The maximum absolute atomic E-state index is 12.6. The number of esters is 2. The van der Waals surface area contributed by atoms with Gasteiger partial charge in [0.15, 0.2) is 6.10 Å². The minimum absolute atomic E-state index is 0.0431. The van der Waals surface area contributed by atoms with Gasteiger partial charge in [-0.2, -0.15) is 0 Å². The lowest BCUT2D eigenvalue weighted by Crippen LogP contribution is -2.29. The van der Waals surface area contributed by atoms with Gasteiger partial charge in [-0.1, -0.05) is 177 Å². The van der Waals surface area contributed by atoms with Gasteiger partial charge in [-0.3, -0.25) is 18.6 Å². The highest BCUT2D eigenvalue weighted by molar-refractivity contribution is 7.47. The van der Waals surface area contributed by atoms with Crippen LogP contribution in [0, 0.1) is 0 Å². The van der Waals surface area contributed by atoms with Crippen molar-refractivity contribution in [2.75, 3.05) is 26.4 Å². The molecule has 0 heterocycles. The third kappa shape index (κ3) is 45.1. The Morgan fingerprint density at radius 1 is 0.525 bits per heavy atom. The Morgan fingerprint density at radius 3 is 1.51 bits per heavy atom. The third-order valence-corrected chi connectivity index (χ3v) is 10.8. The molecule has 9 nitrogen and oxygen atoms in total. The Labute approximate surface area is 361 Å². The van der Waals surface area contributed by atoms with E-state index in [4.69, 9.17) is 24.3 Å². The number of phosphoric ester groups is 1. The lowest BCUT2D eigenvalue weighted by atomic mass is 10.0. The van der Waals surface area contributed by atoms with E-state index in [9.17, 15) is 19.0 Å². The monoisotopic (exact) mass is 850 g/mol. The van der Waals surface area contributed by atoms with Crippen LogP contribution in [0.5, 0.6) is 0 Å². The fourth-order valence-electron chi connectivity index (χ4n) is 6.37. The molecule has 3 N–H and O–H groups in total. The highest BCUT2D eigenvalue weighted by atomic mass is 31.2. The summed E-state index contributed by atoms with van der Waals surface area (Å²) in [5.41, 5.74) is 5.35. The minimum atomic E-state index is -4.39. The van der Waals surface area contributed by atoms with E-state index in [1.165, 1.54) is 89.9 Å². The molecular weight excluding hydrogens is 762 g/mol. The summed E-state index contributed by atoms with van der Waals surface area (Å²) in [6.45, 7) is 3.57. The van der Waals surface area contributed by atoms with Crippen LogP contribution in [0.4, 0.5) is 0 Å². The van der Waals surface area contributed by atoms with E-state index in [0.717, 1.165) is 77.0 Å². The van der Waals surface area contributed by atoms with Crippen LogP contribution in [0.2, 0.25) is 0 Å². The molecule has 59 heavy (non-hydrogen) atoms. The number of rotatable bonds is 44. The van der Waals surface area contributed by atoms with Crippen molar-refractivity contribution in [3.8, 4) is 0 Å². The first-order chi connectivity index (χ1) is 28.8. The van der Waals surface area contributed by atoms with Gasteiger partial charge in [0.25, 0.3) is 0 Å². The topological polar surface area (TPSA) is 134 Å². The van der Waals surface area contributed by atoms with Gasteiger partial charge < -0.3 is 20.1 Å². The standard InChI is InChI=1S/C49H88NO8P/c1-3-5-7-9-11-13-15-17-19-20-21-22-23-24-25-26-28-29-31-33-35-37-39-41-48(51)55-45-47(46-57-59(53,54)56-44-43-50)58-49(52)42-40-38-36-34-32-30-27-18-16-14-12-10-8-6-4-2/h6,8,12,14,18,26-28,33,35,47H,3-5,7,9-11,13,15-17,19-25,29-32,34,36-46,50H2,1-2H3,(H,53,54)/b8-6+,14-12+,27-18+,28-26+,35-33+/t47-/m0/s1. The van der Waals surface area contributed by atoms with Crippen molar-refractivity contribution >= 4 is 19.8 Å². The number of carbonyl (C=O) groups is 2. The van der Waals surface area contributed by atoms with Gasteiger partial charge >= 0.3 is 19.8 Å². The SMILES string of the molecule is CC/C=C/C/C=C/C/C=C/CCCCCCCC(=O)O[C@@H](COC(=O)CCC/C=C/CC/C=C/CCCCCCCCCCCCCCCC)COP(=O)(O)OCCN. The lowest BCUT2D eigenvalue weighted by molar-refractivity contribution is -0.161.